The molecule has 31 heavy (non-hydrogen) atoms. The fourth-order valence-corrected chi connectivity index (χ4v) is 3.28. The van der Waals surface area contributed by atoms with E-state index in [1.807, 2.05) is 13.0 Å². The van der Waals surface area contributed by atoms with Gasteiger partial charge in [-0.2, -0.15) is 13.2 Å². The Bertz CT molecular complexity index is 842. The summed E-state index contributed by atoms with van der Waals surface area (Å²) in [6.07, 6.45) is -0.710. The molecule has 0 saturated carbocycles. The first-order valence-electron chi connectivity index (χ1n) is 9.67. The van der Waals surface area contributed by atoms with Gasteiger partial charge in [-0.25, -0.2) is 4.79 Å². The van der Waals surface area contributed by atoms with Crippen LogP contribution in [0.3, 0.4) is 0 Å². The van der Waals surface area contributed by atoms with Crippen molar-refractivity contribution in [3.8, 4) is 5.75 Å². The summed E-state index contributed by atoms with van der Waals surface area (Å²) in [4.78, 5) is 24.4. The maximum Gasteiger partial charge on any atom is 0.416 e. The van der Waals surface area contributed by atoms with Crippen LogP contribution in [-0.2, 0) is 14.3 Å². The van der Waals surface area contributed by atoms with Gasteiger partial charge in [-0.05, 0) is 51.0 Å². The molecule has 0 unspecified atom stereocenters. The number of benzene rings is 1. The van der Waals surface area contributed by atoms with Crippen molar-refractivity contribution in [3.63, 3.8) is 0 Å². The summed E-state index contributed by atoms with van der Waals surface area (Å²) >= 11 is 1.37. The molecule has 0 heterocycles. The Labute approximate surface area is 185 Å². The SMILES string of the molecule is C=C/C(=C\C=C(/C)CCC(=O)CSc1ccc(OCC(=O)OCC)c(C)c1)C(F)(F)F. The molecule has 0 saturated heterocycles. The number of aryl methyl sites for hydroxylation is 1. The van der Waals surface area contributed by atoms with Gasteiger partial charge in [0.05, 0.1) is 17.9 Å². The Hall–Kier alpha value is -2.48. The predicted molar refractivity (Wildman–Crippen MR) is 116 cm³/mol. The van der Waals surface area contributed by atoms with Gasteiger partial charge in [-0.3, -0.25) is 4.79 Å². The van der Waals surface area contributed by atoms with E-state index in [2.05, 4.69) is 6.58 Å². The van der Waals surface area contributed by atoms with Crippen LogP contribution in [0.2, 0.25) is 0 Å². The van der Waals surface area contributed by atoms with Gasteiger partial charge >= 0.3 is 12.1 Å². The van der Waals surface area contributed by atoms with Crippen molar-refractivity contribution in [2.75, 3.05) is 19.0 Å². The molecular formula is C23H27F3O4S. The largest absolute Gasteiger partial charge is 0.482 e. The third-order valence-corrected chi connectivity index (χ3v) is 5.14. The Morgan fingerprint density at radius 2 is 1.90 bits per heavy atom. The molecular weight excluding hydrogens is 429 g/mol. The van der Waals surface area contributed by atoms with Crippen LogP contribution in [0.25, 0.3) is 0 Å². The van der Waals surface area contributed by atoms with Crippen LogP contribution in [0.15, 0.2) is 59.0 Å². The number of halogens is 3. The van der Waals surface area contributed by atoms with Crippen molar-refractivity contribution in [1.29, 1.82) is 0 Å². The van der Waals surface area contributed by atoms with Crippen LogP contribution in [0.1, 0.15) is 32.3 Å². The van der Waals surface area contributed by atoms with Crippen LogP contribution in [-0.4, -0.2) is 36.9 Å². The van der Waals surface area contributed by atoms with Crippen molar-refractivity contribution in [1.82, 2.24) is 0 Å². The summed E-state index contributed by atoms with van der Waals surface area (Å²) < 4.78 is 48.2. The number of Topliss-reactive ketones (excluding diaryl/α,β-unsaturated/α-hetero) is 1. The van der Waals surface area contributed by atoms with E-state index in [9.17, 15) is 22.8 Å². The molecule has 170 valence electrons. The highest BCUT2D eigenvalue weighted by molar-refractivity contribution is 8.00. The van der Waals surface area contributed by atoms with Crippen LogP contribution >= 0.6 is 11.8 Å². The fraction of sp³-hybridized carbons (Fsp3) is 0.391. The van der Waals surface area contributed by atoms with E-state index in [1.165, 1.54) is 17.8 Å². The predicted octanol–water partition coefficient (Wildman–Crippen LogP) is 6.00. The summed E-state index contributed by atoms with van der Waals surface area (Å²) in [5, 5.41) is 0. The molecule has 0 fully saturated rings. The maximum absolute atomic E-state index is 12.7. The van der Waals surface area contributed by atoms with Crippen LogP contribution in [0.5, 0.6) is 5.75 Å². The average Bonchev–Trinajstić information content (AvgIpc) is 2.69. The number of carbonyl (C=O) groups excluding carboxylic acids is 2. The summed E-state index contributed by atoms with van der Waals surface area (Å²) in [6, 6.07) is 5.40. The number of carbonyl (C=O) groups is 2. The van der Waals surface area contributed by atoms with Gasteiger partial charge in [0.1, 0.15) is 11.5 Å². The minimum absolute atomic E-state index is 0.00165. The van der Waals surface area contributed by atoms with Crippen molar-refractivity contribution < 1.29 is 32.2 Å². The van der Waals surface area contributed by atoms with E-state index in [-0.39, 0.29) is 24.6 Å². The first-order chi connectivity index (χ1) is 14.6. The first-order valence-corrected chi connectivity index (χ1v) is 10.7. The standard InChI is InChI=1S/C23H27F3O4S/c1-5-18(23(24,25)26)9-7-16(3)8-10-19(27)15-31-20-11-12-21(17(4)13-20)30-14-22(28)29-6-2/h5,7,9,11-13H,1,6,8,10,14-15H2,2-4H3/b16-7+,18-9+. The van der Waals surface area contributed by atoms with E-state index in [1.54, 1.807) is 26.0 Å². The Morgan fingerprint density at radius 1 is 1.19 bits per heavy atom. The number of alkyl halides is 3. The Kier molecular flexibility index (Phi) is 11.2. The van der Waals surface area contributed by atoms with Gasteiger partial charge in [0, 0.05) is 11.3 Å². The summed E-state index contributed by atoms with van der Waals surface area (Å²) in [5.74, 6) is 0.383. The summed E-state index contributed by atoms with van der Waals surface area (Å²) in [5.41, 5.74) is 0.690. The second kappa shape index (κ2) is 13.0. The van der Waals surface area contributed by atoms with Gasteiger partial charge in [0.2, 0.25) is 0 Å². The lowest BCUT2D eigenvalue weighted by Gasteiger charge is -2.10. The lowest BCUT2D eigenvalue weighted by molar-refractivity contribution is -0.145. The molecule has 0 spiro atoms. The van der Waals surface area contributed by atoms with E-state index in [0.717, 1.165) is 22.6 Å². The third-order valence-electron chi connectivity index (χ3n) is 4.09. The molecule has 1 aromatic rings. The Morgan fingerprint density at radius 3 is 2.48 bits per heavy atom. The number of esters is 1. The van der Waals surface area contributed by atoms with Gasteiger partial charge in [0.15, 0.2) is 6.61 Å². The number of thioether (sulfide) groups is 1. The van der Waals surface area contributed by atoms with Crippen molar-refractivity contribution in [2.24, 2.45) is 0 Å². The second-order valence-corrected chi connectivity index (χ2v) is 7.73. The molecule has 0 amide bonds. The fourth-order valence-electron chi connectivity index (χ4n) is 2.38. The van der Waals surface area contributed by atoms with E-state index in [0.29, 0.717) is 24.4 Å². The minimum atomic E-state index is -4.44. The molecule has 0 atom stereocenters. The van der Waals surface area contributed by atoms with Crippen LogP contribution in [0, 0.1) is 6.92 Å². The van der Waals surface area contributed by atoms with Gasteiger partial charge in [0.25, 0.3) is 0 Å². The number of allylic oxidation sites excluding steroid dienone is 5. The monoisotopic (exact) mass is 456 g/mol. The van der Waals surface area contributed by atoms with Crippen molar-refractivity contribution in [2.45, 2.75) is 44.7 Å². The van der Waals surface area contributed by atoms with Crippen LogP contribution in [0.4, 0.5) is 13.2 Å². The number of hydrogen-bond acceptors (Lipinski definition) is 5. The maximum atomic E-state index is 12.7. The topological polar surface area (TPSA) is 52.6 Å². The lowest BCUT2D eigenvalue weighted by Crippen LogP contribution is -2.14. The van der Waals surface area contributed by atoms with Crippen LogP contribution < -0.4 is 4.74 Å². The molecule has 1 aromatic carbocycles. The van der Waals surface area contributed by atoms with E-state index < -0.39 is 17.7 Å². The molecule has 8 heteroatoms. The van der Waals surface area contributed by atoms with Gasteiger partial charge in [-0.15, -0.1) is 11.8 Å². The lowest BCUT2D eigenvalue weighted by atomic mass is 10.1. The zero-order valence-electron chi connectivity index (χ0n) is 17.9. The first kappa shape index (κ1) is 26.6. The highest BCUT2D eigenvalue weighted by Crippen LogP contribution is 2.27. The van der Waals surface area contributed by atoms with E-state index >= 15 is 0 Å². The summed E-state index contributed by atoms with van der Waals surface area (Å²) in [7, 11) is 0. The zero-order chi connectivity index (χ0) is 23.4. The van der Waals surface area contributed by atoms with Gasteiger partial charge in [-0.1, -0.05) is 30.4 Å². The molecule has 0 bridgehead atoms. The van der Waals surface area contributed by atoms with Crippen molar-refractivity contribution >= 4 is 23.5 Å². The van der Waals surface area contributed by atoms with Crippen molar-refractivity contribution in [3.05, 3.63) is 59.7 Å². The van der Waals surface area contributed by atoms with E-state index in [4.69, 9.17) is 9.47 Å². The number of ketones is 1. The molecule has 0 aliphatic carbocycles. The molecule has 0 aliphatic heterocycles. The number of hydrogen-bond donors (Lipinski definition) is 0. The molecule has 0 radical (unpaired) electrons. The quantitative estimate of drug-likeness (QED) is 0.219. The second-order valence-electron chi connectivity index (χ2n) is 6.69. The zero-order valence-corrected chi connectivity index (χ0v) is 18.7. The molecule has 1 rings (SSSR count). The van der Waals surface area contributed by atoms with Gasteiger partial charge < -0.3 is 9.47 Å². The average molecular weight is 457 g/mol. The molecule has 0 aromatic heterocycles. The highest BCUT2D eigenvalue weighted by atomic mass is 32.2. The highest BCUT2D eigenvalue weighted by Gasteiger charge is 2.30. The number of ether oxygens (including phenoxy) is 2. The number of rotatable bonds is 12. The molecule has 4 nitrogen and oxygen atoms in total. The minimum Gasteiger partial charge on any atom is -0.482 e. The normalized spacial score (nSPS) is 12.5. The molecule has 0 aliphatic rings. The summed E-state index contributed by atoms with van der Waals surface area (Å²) in [6.45, 7) is 8.54. The molecule has 0 N–H and O–H groups in total. The third kappa shape index (κ3) is 10.4. The smallest absolute Gasteiger partial charge is 0.416 e. The Balaban J connectivity index is 2.51.